The van der Waals surface area contributed by atoms with Crippen molar-refractivity contribution in [2.45, 2.75) is 45.6 Å². The van der Waals surface area contributed by atoms with Crippen LogP contribution < -0.4 is 4.90 Å². The van der Waals surface area contributed by atoms with E-state index in [1.165, 1.54) is 6.42 Å². The van der Waals surface area contributed by atoms with Gasteiger partial charge in [-0.15, -0.1) is 0 Å². The molecule has 2 aromatic carbocycles. The summed E-state index contributed by atoms with van der Waals surface area (Å²) in [6, 6.07) is 16.2. The molecule has 6 heteroatoms. The van der Waals surface area contributed by atoms with Crippen LogP contribution in [0.2, 0.25) is 0 Å². The van der Waals surface area contributed by atoms with E-state index in [0.717, 1.165) is 78.0 Å². The maximum Gasteiger partial charge on any atom is 0.255 e. The van der Waals surface area contributed by atoms with Crippen molar-refractivity contribution in [2.24, 2.45) is 5.92 Å². The summed E-state index contributed by atoms with van der Waals surface area (Å²) in [5.74, 6) is 1.86. The number of nitrogens with zero attached hydrogens (tertiary/aromatic N) is 5. The average molecular weight is 454 g/mol. The molecule has 4 heterocycles. The molecule has 6 rings (SSSR count). The van der Waals surface area contributed by atoms with Gasteiger partial charge in [0.05, 0.1) is 11.7 Å². The second kappa shape index (κ2) is 8.42. The summed E-state index contributed by atoms with van der Waals surface area (Å²) in [4.78, 5) is 23.2. The number of rotatable bonds is 3. The Morgan fingerprint density at radius 3 is 2.74 bits per heavy atom. The van der Waals surface area contributed by atoms with Crippen molar-refractivity contribution in [3.8, 4) is 0 Å². The van der Waals surface area contributed by atoms with Gasteiger partial charge in [-0.1, -0.05) is 43.3 Å². The first-order chi connectivity index (χ1) is 16.6. The molecule has 4 aromatic rings. The Morgan fingerprint density at radius 1 is 1.03 bits per heavy atom. The second-order valence-corrected chi connectivity index (χ2v) is 10.00. The lowest BCUT2D eigenvalue weighted by atomic mass is 9.96. The molecular weight excluding hydrogens is 422 g/mol. The van der Waals surface area contributed by atoms with Crippen LogP contribution in [-0.4, -0.2) is 45.0 Å². The van der Waals surface area contributed by atoms with Crippen LogP contribution in [0.3, 0.4) is 0 Å². The Bertz CT molecular complexity index is 1370. The number of hydrogen-bond acceptors (Lipinski definition) is 4. The van der Waals surface area contributed by atoms with Crippen LogP contribution in [0.15, 0.2) is 54.7 Å². The fourth-order valence-corrected chi connectivity index (χ4v) is 5.68. The molecular formula is C28H31N5O. The van der Waals surface area contributed by atoms with Crippen molar-refractivity contribution in [1.29, 1.82) is 0 Å². The molecule has 2 fully saturated rings. The van der Waals surface area contributed by atoms with Crippen LogP contribution >= 0.6 is 0 Å². The van der Waals surface area contributed by atoms with Gasteiger partial charge in [0, 0.05) is 43.0 Å². The van der Waals surface area contributed by atoms with Crippen molar-refractivity contribution in [2.75, 3.05) is 24.5 Å². The molecule has 2 aliphatic heterocycles. The highest BCUT2D eigenvalue weighted by Gasteiger charge is 2.31. The van der Waals surface area contributed by atoms with E-state index in [9.17, 15) is 4.79 Å². The Balaban J connectivity index is 1.35. The molecule has 0 spiro atoms. The smallest absolute Gasteiger partial charge is 0.255 e. The molecule has 34 heavy (non-hydrogen) atoms. The highest BCUT2D eigenvalue weighted by atomic mass is 16.2. The summed E-state index contributed by atoms with van der Waals surface area (Å²) < 4.78 is 1.89. The molecule has 0 saturated carbocycles. The molecule has 2 atom stereocenters. The van der Waals surface area contributed by atoms with Gasteiger partial charge in [-0.05, 0) is 55.4 Å². The quantitative estimate of drug-likeness (QED) is 0.417. The van der Waals surface area contributed by atoms with Gasteiger partial charge in [-0.3, -0.25) is 4.79 Å². The standard InChI is InChI=1S/C28H31N5O/c1-19-13-15-31(17-19)27-20(2)18-33-26(29-27)16-24(30-33)25-12-5-6-14-32(25)28(34)23-11-7-9-21-8-3-4-10-22(21)23/h3-4,7-11,16,18-19,25H,5-6,12-15,17H2,1-2H3/t19-,25-/m0/s1. The number of benzene rings is 2. The van der Waals surface area contributed by atoms with E-state index in [1.54, 1.807) is 0 Å². The normalized spacial score (nSPS) is 21.0. The maximum atomic E-state index is 13.8. The third-order valence-corrected chi connectivity index (χ3v) is 7.47. The average Bonchev–Trinajstić information content (AvgIpc) is 3.48. The van der Waals surface area contributed by atoms with E-state index in [4.69, 9.17) is 10.1 Å². The van der Waals surface area contributed by atoms with Gasteiger partial charge in [0.25, 0.3) is 5.91 Å². The van der Waals surface area contributed by atoms with Crippen LogP contribution in [0.25, 0.3) is 16.4 Å². The van der Waals surface area contributed by atoms with Gasteiger partial charge in [0.1, 0.15) is 5.82 Å². The number of carbonyl (C=O) groups is 1. The lowest BCUT2D eigenvalue weighted by Crippen LogP contribution is -2.38. The van der Waals surface area contributed by atoms with Crippen LogP contribution in [0, 0.1) is 12.8 Å². The fraction of sp³-hybridized carbons (Fsp3) is 0.393. The van der Waals surface area contributed by atoms with E-state index in [2.05, 4.69) is 43.1 Å². The van der Waals surface area contributed by atoms with E-state index >= 15 is 0 Å². The van der Waals surface area contributed by atoms with Crippen LogP contribution in [0.5, 0.6) is 0 Å². The fourth-order valence-electron chi connectivity index (χ4n) is 5.68. The minimum absolute atomic E-state index is 0.0301. The predicted octanol–water partition coefficient (Wildman–Crippen LogP) is 5.40. The molecule has 2 saturated heterocycles. The summed E-state index contributed by atoms with van der Waals surface area (Å²) in [6.07, 6.45) is 6.35. The van der Waals surface area contributed by atoms with Crippen LogP contribution in [0.4, 0.5) is 5.82 Å². The largest absolute Gasteiger partial charge is 0.356 e. The topological polar surface area (TPSA) is 53.7 Å². The molecule has 6 nitrogen and oxygen atoms in total. The van der Waals surface area contributed by atoms with Crippen molar-refractivity contribution < 1.29 is 4.79 Å². The number of carbonyl (C=O) groups excluding carboxylic acids is 1. The number of hydrogen-bond donors (Lipinski definition) is 0. The lowest BCUT2D eigenvalue weighted by molar-refractivity contribution is 0.0608. The molecule has 1 amide bonds. The highest BCUT2D eigenvalue weighted by Crippen LogP contribution is 2.34. The lowest BCUT2D eigenvalue weighted by Gasteiger charge is -2.35. The van der Waals surface area contributed by atoms with Gasteiger partial charge in [-0.25, -0.2) is 9.50 Å². The number of piperidine rings is 1. The first-order valence-corrected chi connectivity index (χ1v) is 12.5. The van der Waals surface area contributed by atoms with Gasteiger partial charge in [0.15, 0.2) is 5.65 Å². The Kier molecular flexibility index (Phi) is 5.24. The van der Waals surface area contributed by atoms with E-state index < -0.39 is 0 Å². The van der Waals surface area contributed by atoms with Crippen molar-refractivity contribution in [1.82, 2.24) is 19.5 Å². The summed E-state index contributed by atoms with van der Waals surface area (Å²) in [6.45, 7) is 7.28. The van der Waals surface area contributed by atoms with Crippen LogP contribution in [0.1, 0.15) is 60.3 Å². The molecule has 0 bridgehead atoms. The summed E-state index contributed by atoms with van der Waals surface area (Å²) in [5.41, 5.74) is 3.71. The van der Waals surface area contributed by atoms with E-state index in [0.29, 0.717) is 5.92 Å². The van der Waals surface area contributed by atoms with E-state index in [1.807, 2.05) is 39.7 Å². The molecule has 2 aliphatic rings. The number of aromatic nitrogens is 3. The van der Waals surface area contributed by atoms with Crippen LogP contribution in [-0.2, 0) is 0 Å². The summed E-state index contributed by atoms with van der Waals surface area (Å²) >= 11 is 0. The minimum Gasteiger partial charge on any atom is -0.356 e. The minimum atomic E-state index is -0.0301. The monoisotopic (exact) mass is 453 g/mol. The number of amides is 1. The zero-order valence-electron chi connectivity index (χ0n) is 19.9. The van der Waals surface area contributed by atoms with Crippen molar-refractivity contribution in [3.63, 3.8) is 0 Å². The summed E-state index contributed by atoms with van der Waals surface area (Å²) in [7, 11) is 0. The molecule has 0 aliphatic carbocycles. The Hall–Kier alpha value is -3.41. The SMILES string of the molecule is Cc1cn2nc([C@@H]3CCCCN3C(=O)c3cccc4ccccc34)cc2nc1N1CC[C@H](C)C1. The third kappa shape index (κ3) is 3.61. The molecule has 174 valence electrons. The van der Waals surface area contributed by atoms with Gasteiger partial charge in [-0.2, -0.15) is 5.10 Å². The zero-order chi connectivity index (χ0) is 23.2. The first kappa shape index (κ1) is 21.1. The third-order valence-electron chi connectivity index (χ3n) is 7.47. The highest BCUT2D eigenvalue weighted by molar-refractivity contribution is 6.07. The number of fused-ring (bicyclic) bond motifs is 2. The number of anilines is 1. The zero-order valence-corrected chi connectivity index (χ0v) is 19.9. The van der Waals surface area contributed by atoms with Gasteiger partial charge in [0.2, 0.25) is 0 Å². The molecule has 0 unspecified atom stereocenters. The number of aryl methyl sites for hydroxylation is 1. The molecule has 2 aromatic heterocycles. The van der Waals surface area contributed by atoms with E-state index in [-0.39, 0.29) is 11.9 Å². The Morgan fingerprint density at radius 2 is 1.88 bits per heavy atom. The summed E-state index contributed by atoms with van der Waals surface area (Å²) in [5, 5.41) is 7.02. The molecule has 0 N–H and O–H groups in total. The first-order valence-electron chi connectivity index (χ1n) is 12.5. The van der Waals surface area contributed by atoms with Gasteiger partial charge < -0.3 is 9.80 Å². The predicted molar refractivity (Wildman–Crippen MR) is 135 cm³/mol. The van der Waals surface area contributed by atoms with Crippen molar-refractivity contribution >= 4 is 28.1 Å². The van der Waals surface area contributed by atoms with Crippen molar-refractivity contribution in [3.05, 3.63) is 71.5 Å². The maximum absolute atomic E-state index is 13.8. The number of likely N-dealkylation sites (tertiary alicyclic amines) is 1. The second-order valence-electron chi connectivity index (χ2n) is 10.00. The Labute approximate surface area is 200 Å². The molecule has 0 radical (unpaired) electrons. The van der Waals surface area contributed by atoms with Gasteiger partial charge >= 0.3 is 0 Å².